The summed E-state index contributed by atoms with van der Waals surface area (Å²) in [7, 11) is 2.22. The summed E-state index contributed by atoms with van der Waals surface area (Å²) in [5.74, 6) is 0.502. The van der Waals surface area contributed by atoms with Crippen LogP contribution in [-0.4, -0.2) is 39.8 Å². The van der Waals surface area contributed by atoms with E-state index in [1.165, 1.54) is 42.5 Å². The van der Waals surface area contributed by atoms with Crippen LogP contribution in [-0.2, 0) is 0 Å². The predicted octanol–water partition coefficient (Wildman–Crippen LogP) is 3.21. The third-order valence-corrected chi connectivity index (χ3v) is 5.51. The Balaban J connectivity index is 1.67. The Hall–Kier alpha value is -1.42. The summed E-state index contributed by atoms with van der Waals surface area (Å²) >= 11 is 0. The fourth-order valence-electron chi connectivity index (χ4n) is 4.31. The van der Waals surface area contributed by atoms with E-state index in [4.69, 9.17) is 5.10 Å². The van der Waals surface area contributed by atoms with E-state index in [0.29, 0.717) is 17.4 Å². The number of nitrogens with zero attached hydrogens (tertiary/aromatic N) is 4. The first-order valence-corrected chi connectivity index (χ1v) is 8.12. The lowest BCUT2D eigenvalue weighted by atomic mass is 9.61. The maximum absolute atomic E-state index is 4.99. The lowest BCUT2D eigenvalue weighted by molar-refractivity contribution is -0.0776. The molecule has 1 atom stereocenters. The highest BCUT2D eigenvalue weighted by atomic mass is 15.3. The monoisotopic (exact) mass is 284 g/mol. The quantitative estimate of drug-likeness (QED) is 0.868. The van der Waals surface area contributed by atoms with Gasteiger partial charge in [0.05, 0.1) is 17.3 Å². The summed E-state index contributed by atoms with van der Waals surface area (Å²) in [6, 6.07) is 2.72. The SMILES string of the molecule is CCC(C)c1nn(C2CC3(C2)CN(C)C3)c2ccncc12. The summed E-state index contributed by atoms with van der Waals surface area (Å²) in [4.78, 5) is 6.74. The molecule has 0 N–H and O–H groups in total. The Kier molecular flexibility index (Phi) is 2.86. The van der Waals surface area contributed by atoms with E-state index in [1.54, 1.807) is 0 Å². The number of rotatable bonds is 3. The average molecular weight is 284 g/mol. The van der Waals surface area contributed by atoms with Gasteiger partial charge in [0, 0.05) is 36.8 Å². The Labute approximate surface area is 126 Å². The van der Waals surface area contributed by atoms with Gasteiger partial charge in [-0.2, -0.15) is 5.10 Å². The molecular weight excluding hydrogens is 260 g/mol. The fourth-order valence-corrected chi connectivity index (χ4v) is 4.31. The van der Waals surface area contributed by atoms with Crippen LogP contribution >= 0.6 is 0 Å². The maximum Gasteiger partial charge on any atom is 0.0747 e. The normalized spacial score (nSPS) is 23.2. The molecule has 4 rings (SSSR count). The molecule has 0 radical (unpaired) electrons. The van der Waals surface area contributed by atoms with Gasteiger partial charge in [0.15, 0.2) is 0 Å². The third-order valence-electron chi connectivity index (χ3n) is 5.51. The third kappa shape index (κ3) is 1.92. The van der Waals surface area contributed by atoms with Crippen molar-refractivity contribution in [1.82, 2.24) is 19.7 Å². The first kappa shape index (κ1) is 13.3. The van der Waals surface area contributed by atoms with Crippen molar-refractivity contribution in [2.75, 3.05) is 20.1 Å². The Bertz CT molecular complexity index is 660. The maximum atomic E-state index is 4.99. The van der Waals surface area contributed by atoms with Gasteiger partial charge in [-0.05, 0) is 37.8 Å². The Morgan fingerprint density at radius 1 is 1.38 bits per heavy atom. The van der Waals surface area contributed by atoms with E-state index in [9.17, 15) is 0 Å². The zero-order chi connectivity index (χ0) is 14.6. The number of pyridine rings is 1. The molecule has 2 fully saturated rings. The second-order valence-electron chi connectivity index (χ2n) is 7.27. The smallest absolute Gasteiger partial charge is 0.0747 e. The molecule has 112 valence electrons. The average Bonchev–Trinajstić information content (AvgIpc) is 2.80. The van der Waals surface area contributed by atoms with Crippen molar-refractivity contribution in [3.05, 3.63) is 24.2 Å². The highest BCUT2D eigenvalue weighted by Crippen LogP contribution is 2.54. The molecule has 1 unspecified atom stereocenters. The van der Waals surface area contributed by atoms with Crippen LogP contribution in [0.2, 0.25) is 0 Å². The fraction of sp³-hybridized carbons (Fsp3) is 0.647. The van der Waals surface area contributed by atoms with Crippen molar-refractivity contribution in [2.24, 2.45) is 5.41 Å². The number of hydrogen-bond donors (Lipinski definition) is 0. The van der Waals surface area contributed by atoms with E-state index in [0.717, 1.165) is 6.42 Å². The van der Waals surface area contributed by atoms with Gasteiger partial charge < -0.3 is 4.90 Å². The highest BCUT2D eigenvalue weighted by molar-refractivity contribution is 5.81. The van der Waals surface area contributed by atoms with Crippen LogP contribution in [0.3, 0.4) is 0 Å². The van der Waals surface area contributed by atoms with Crippen LogP contribution < -0.4 is 0 Å². The molecule has 2 aromatic rings. The molecule has 2 aliphatic rings. The second kappa shape index (κ2) is 4.54. The molecule has 1 aliphatic heterocycles. The number of fused-ring (bicyclic) bond motifs is 1. The predicted molar refractivity (Wildman–Crippen MR) is 84.4 cm³/mol. The first-order chi connectivity index (χ1) is 10.1. The van der Waals surface area contributed by atoms with E-state index in [-0.39, 0.29) is 0 Å². The second-order valence-corrected chi connectivity index (χ2v) is 7.27. The molecule has 21 heavy (non-hydrogen) atoms. The minimum atomic E-state index is 0.502. The van der Waals surface area contributed by atoms with Crippen molar-refractivity contribution in [1.29, 1.82) is 0 Å². The topological polar surface area (TPSA) is 34.0 Å². The lowest BCUT2D eigenvalue weighted by Gasteiger charge is -2.58. The molecule has 1 aliphatic carbocycles. The molecule has 1 saturated carbocycles. The molecule has 1 spiro atoms. The molecule has 2 aromatic heterocycles. The van der Waals surface area contributed by atoms with Crippen molar-refractivity contribution in [2.45, 2.75) is 45.1 Å². The molecule has 1 saturated heterocycles. The molecule has 0 aromatic carbocycles. The van der Waals surface area contributed by atoms with Gasteiger partial charge in [0.2, 0.25) is 0 Å². The summed E-state index contributed by atoms with van der Waals surface area (Å²) in [5.41, 5.74) is 3.10. The molecule has 3 heterocycles. The van der Waals surface area contributed by atoms with Crippen LogP contribution in [0.4, 0.5) is 0 Å². The van der Waals surface area contributed by atoms with Crippen molar-refractivity contribution < 1.29 is 0 Å². The van der Waals surface area contributed by atoms with Gasteiger partial charge in [-0.25, -0.2) is 0 Å². The van der Waals surface area contributed by atoms with Gasteiger partial charge in [0.1, 0.15) is 0 Å². The lowest BCUT2D eigenvalue weighted by Crippen LogP contribution is -2.60. The first-order valence-electron chi connectivity index (χ1n) is 8.12. The molecule has 4 nitrogen and oxygen atoms in total. The molecule has 0 amide bonds. The van der Waals surface area contributed by atoms with E-state index < -0.39 is 0 Å². The summed E-state index contributed by atoms with van der Waals surface area (Å²) in [5, 5.41) is 6.24. The van der Waals surface area contributed by atoms with E-state index in [1.807, 2.05) is 12.4 Å². The summed E-state index contributed by atoms with van der Waals surface area (Å²) in [6.45, 7) is 7.03. The summed E-state index contributed by atoms with van der Waals surface area (Å²) < 4.78 is 2.29. The number of hydrogen-bond acceptors (Lipinski definition) is 3. The van der Waals surface area contributed by atoms with Gasteiger partial charge in [-0.15, -0.1) is 0 Å². The molecule has 0 bridgehead atoms. The van der Waals surface area contributed by atoms with Crippen LogP contribution in [0.25, 0.3) is 10.9 Å². The van der Waals surface area contributed by atoms with Crippen LogP contribution in [0.5, 0.6) is 0 Å². The number of aromatic nitrogens is 3. The molecular formula is C17H24N4. The zero-order valence-electron chi connectivity index (χ0n) is 13.2. The van der Waals surface area contributed by atoms with E-state index in [2.05, 4.69) is 41.5 Å². The minimum Gasteiger partial charge on any atom is -0.305 e. The van der Waals surface area contributed by atoms with Gasteiger partial charge in [-0.3, -0.25) is 9.67 Å². The van der Waals surface area contributed by atoms with Crippen LogP contribution in [0.15, 0.2) is 18.5 Å². The van der Waals surface area contributed by atoms with Gasteiger partial charge >= 0.3 is 0 Å². The van der Waals surface area contributed by atoms with Gasteiger partial charge in [-0.1, -0.05) is 13.8 Å². The van der Waals surface area contributed by atoms with Crippen LogP contribution in [0, 0.1) is 5.41 Å². The van der Waals surface area contributed by atoms with Crippen LogP contribution in [0.1, 0.15) is 50.8 Å². The van der Waals surface area contributed by atoms with Gasteiger partial charge in [0.25, 0.3) is 0 Å². The standard InChI is InChI=1S/C17H24N4/c1-4-12(2)16-14-9-18-6-5-15(14)21(19-16)13-7-17(8-13)10-20(3)11-17/h5-6,9,12-13H,4,7-8,10-11H2,1-3H3. The Morgan fingerprint density at radius 3 is 2.81 bits per heavy atom. The van der Waals surface area contributed by atoms with Crippen molar-refractivity contribution in [3.63, 3.8) is 0 Å². The van der Waals surface area contributed by atoms with Crippen molar-refractivity contribution in [3.8, 4) is 0 Å². The Morgan fingerprint density at radius 2 is 2.14 bits per heavy atom. The summed E-state index contributed by atoms with van der Waals surface area (Å²) in [6.07, 6.45) is 7.59. The zero-order valence-corrected chi connectivity index (χ0v) is 13.2. The number of likely N-dealkylation sites (tertiary alicyclic amines) is 1. The van der Waals surface area contributed by atoms with E-state index >= 15 is 0 Å². The minimum absolute atomic E-state index is 0.502. The largest absolute Gasteiger partial charge is 0.305 e. The molecule has 4 heteroatoms. The van der Waals surface area contributed by atoms with Crippen molar-refractivity contribution >= 4 is 10.9 Å². The highest BCUT2D eigenvalue weighted by Gasteiger charge is 2.52.